The standard InChI is InChI=1S/C19H20Cl2N2O2S/c1-13-4-6-14(7-5-13)12-22-19(26)23-18(24)3-2-10-25-17-9-8-15(20)11-16(17)21/h4-9,11H,2-3,10,12H2,1H3,(H2,22,23,24,26). The maximum absolute atomic E-state index is 11.9. The second kappa shape index (κ2) is 10.4. The Morgan fingerprint density at radius 1 is 1.15 bits per heavy atom. The fourth-order valence-corrected chi connectivity index (χ4v) is 2.78. The van der Waals surface area contributed by atoms with E-state index in [9.17, 15) is 4.79 Å². The van der Waals surface area contributed by atoms with Gasteiger partial charge in [-0.05, 0) is 49.3 Å². The summed E-state index contributed by atoms with van der Waals surface area (Å²) in [6, 6.07) is 13.1. The van der Waals surface area contributed by atoms with Crippen molar-refractivity contribution in [2.75, 3.05) is 6.61 Å². The Kier molecular flexibility index (Phi) is 8.16. The highest BCUT2D eigenvalue weighted by Crippen LogP contribution is 2.27. The first-order valence-corrected chi connectivity index (χ1v) is 9.31. The summed E-state index contributed by atoms with van der Waals surface area (Å²) in [4.78, 5) is 11.9. The molecule has 0 unspecified atom stereocenters. The Balaban J connectivity index is 1.63. The number of carbonyl (C=O) groups excluding carboxylic acids is 1. The normalized spacial score (nSPS) is 10.3. The van der Waals surface area contributed by atoms with Crippen molar-refractivity contribution in [3.05, 3.63) is 63.6 Å². The zero-order valence-corrected chi connectivity index (χ0v) is 16.7. The number of hydrogen-bond acceptors (Lipinski definition) is 3. The summed E-state index contributed by atoms with van der Waals surface area (Å²) in [5, 5.41) is 6.99. The second-order valence-electron chi connectivity index (χ2n) is 5.74. The molecule has 4 nitrogen and oxygen atoms in total. The lowest BCUT2D eigenvalue weighted by Gasteiger charge is -2.10. The molecular weight excluding hydrogens is 391 g/mol. The number of halogens is 2. The van der Waals surface area contributed by atoms with Gasteiger partial charge in [-0.3, -0.25) is 4.79 Å². The molecule has 1 amide bonds. The average Bonchev–Trinajstić information content (AvgIpc) is 2.59. The molecule has 2 rings (SSSR count). The van der Waals surface area contributed by atoms with Crippen LogP contribution in [-0.2, 0) is 11.3 Å². The van der Waals surface area contributed by atoms with Crippen molar-refractivity contribution in [1.82, 2.24) is 10.6 Å². The van der Waals surface area contributed by atoms with E-state index >= 15 is 0 Å². The largest absolute Gasteiger partial charge is 0.492 e. The first-order chi connectivity index (χ1) is 12.4. The predicted octanol–water partition coefficient (Wildman–Crippen LogP) is 4.65. The molecule has 0 fully saturated rings. The molecule has 2 aromatic rings. The van der Waals surface area contributed by atoms with Crippen molar-refractivity contribution in [2.24, 2.45) is 0 Å². The van der Waals surface area contributed by atoms with Gasteiger partial charge in [0.2, 0.25) is 5.91 Å². The highest BCUT2D eigenvalue weighted by Gasteiger charge is 2.06. The molecule has 0 atom stereocenters. The molecule has 2 N–H and O–H groups in total. The summed E-state index contributed by atoms with van der Waals surface area (Å²) in [6.45, 7) is 2.97. The zero-order valence-electron chi connectivity index (χ0n) is 14.4. The highest BCUT2D eigenvalue weighted by atomic mass is 35.5. The third-order valence-corrected chi connectivity index (χ3v) is 4.30. The van der Waals surface area contributed by atoms with Gasteiger partial charge < -0.3 is 15.4 Å². The van der Waals surface area contributed by atoms with Crippen LogP contribution in [0.25, 0.3) is 0 Å². The van der Waals surface area contributed by atoms with Crippen molar-refractivity contribution in [3.63, 3.8) is 0 Å². The molecule has 0 spiro atoms. The van der Waals surface area contributed by atoms with Crippen LogP contribution in [0.1, 0.15) is 24.0 Å². The maximum Gasteiger partial charge on any atom is 0.226 e. The molecule has 0 heterocycles. The van der Waals surface area contributed by atoms with E-state index in [2.05, 4.69) is 10.6 Å². The topological polar surface area (TPSA) is 50.4 Å². The number of nitrogens with one attached hydrogen (secondary N) is 2. The SMILES string of the molecule is Cc1ccc(CNC(=S)NC(=O)CCCOc2ccc(Cl)cc2Cl)cc1. The van der Waals surface area contributed by atoms with Crippen LogP contribution in [0.15, 0.2) is 42.5 Å². The minimum Gasteiger partial charge on any atom is -0.492 e. The van der Waals surface area contributed by atoms with E-state index in [1.54, 1.807) is 18.2 Å². The molecule has 0 aromatic heterocycles. The van der Waals surface area contributed by atoms with Crippen LogP contribution in [-0.4, -0.2) is 17.6 Å². The van der Waals surface area contributed by atoms with Gasteiger partial charge in [0, 0.05) is 18.0 Å². The van der Waals surface area contributed by atoms with Gasteiger partial charge in [-0.15, -0.1) is 0 Å². The summed E-state index contributed by atoms with van der Waals surface area (Å²) in [5.41, 5.74) is 2.30. The molecule has 0 saturated heterocycles. The van der Waals surface area contributed by atoms with Crippen LogP contribution >= 0.6 is 35.4 Å². The lowest BCUT2D eigenvalue weighted by molar-refractivity contribution is -0.119. The molecule has 0 aliphatic rings. The van der Waals surface area contributed by atoms with E-state index in [-0.39, 0.29) is 5.91 Å². The first kappa shape index (κ1) is 20.5. The van der Waals surface area contributed by atoms with E-state index in [1.165, 1.54) is 5.56 Å². The van der Waals surface area contributed by atoms with E-state index in [0.29, 0.717) is 46.9 Å². The van der Waals surface area contributed by atoms with Gasteiger partial charge in [-0.25, -0.2) is 0 Å². The Labute approximate surface area is 168 Å². The molecule has 0 aliphatic carbocycles. The number of thiocarbonyl (C=S) groups is 1. The van der Waals surface area contributed by atoms with E-state index in [1.807, 2.05) is 31.2 Å². The van der Waals surface area contributed by atoms with Gasteiger partial charge in [-0.2, -0.15) is 0 Å². The summed E-state index contributed by atoms with van der Waals surface area (Å²) in [5.74, 6) is 0.393. The molecule has 138 valence electrons. The monoisotopic (exact) mass is 410 g/mol. The molecule has 0 saturated carbocycles. The fourth-order valence-electron chi connectivity index (χ4n) is 2.13. The number of carbonyl (C=O) groups is 1. The van der Waals surface area contributed by atoms with E-state index < -0.39 is 0 Å². The summed E-state index contributed by atoms with van der Waals surface area (Å²) in [7, 11) is 0. The molecule has 0 radical (unpaired) electrons. The van der Waals surface area contributed by atoms with Crippen LogP contribution in [0.5, 0.6) is 5.75 Å². The third kappa shape index (κ3) is 7.20. The lowest BCUT2D eigenvalue weighted by atomic mass is 10.1. The van der Waals surface area contributed by atoms with Crippen LogP contribution in [0, 0.1) is 6.92 Å². The van der Waals surface area contributed by atoms with Gasteiger partial charge in [0.15, 0.2) is 5.11 Å². The van der Waals surface area contributed by atoms with Gasteiger partial charge in [0.05, 0.1) is 11.6 Å². The predicted molar refractivity (Wildman–Crippen MR) is 110 cm³/mol. The number of aryl methyl sites for hydroxylation is 1. The zero-order chi connectivity index (χ0) is 18.9. The summed E-state index contributed by atoms with van der Waals surface area (Å²) >= 11 is 17.0. The van der Waals surface area contributed by atoms with Gasteiger partial charge in [0.25, 0.3) is 0 Å². The Morgan fingerprint density at radius 3 is 2.58 bits per heavy atom. The average molecular weight is 411 g/mol. The van der Waals surface area contributed by atoms with Gasteiger partial charge in [0.1, 0.15) is 5.75 Å². The molecule has 0 bridgehead atoms. The van der Waals surface area contributed by atoms with Crippen molar-refractivity contribution in [2.45, 2.75) is 26.3 Å². The Hall–Kier alpha value is -1.82. The van der Waals surface area contributed by atoms with Crippen molar-refractivity contribution >= 4 is 46.4 Å². The first-order valence-electron chi connectivity index (χ1n) is 8.15. The fraction of sp³-hybridized carbons (Fsp3) is 0.263. The minimum absolute atomic E-state index is 0.155. The minimum atomic E-state index is -0.155. The summed E-state index contributed by atoms with van der Waals surface area (Å²) < 4.78 is 5.54. The van der Waals surface area contributed by atoms with Crippen LogP contribution in [0.3, 0.4) is 0 Å². The van der Waals surface area contributed by atoms with Crippen molar-refractivity contribution in [3.8, 4) is 5.75 Å². The molecule has 26 heavy (non-hydrogen) atoms. The maximum atomic E-state index is 11.9. The molecule has 2 aromatic carbocycles. The Morgan fingerprint density at radius 2 is 1.88 bits per heavy atom. The third-order valence-electron chi connectivity index (χ3n) is 3.53. The van der Waals surface area contributed by atoms with Crippen molar-refractivity contribution in [1.29, 1.82) is 0 Å². The molecule has 0 aliphatic heterocycles. The number of ether oxygens (including phenoxy) is 1. The highest BCUT2D eigenvalue weighted by molar-refractivity contribution is 7.80. The van der Waals surface area contributed by atoms with Gasteiger partial charge >= 0.3 is 0 Å². The summed E-state index contributed by atoms with van der Waals surface area (Å²) in [6.07, 6.45) is 0.850. The van der Waals surface area contributed by atoms with Crippen molar-refractivity contribution < 1.29 is 9.53 Å². The quantitative estimate of drug-likeness (QED) is 0.514. The number of rotatable bonds is 7. The van der Waals surface area contributed by atoms with Gasteiger partial charge in [-0.1, -0.05) is 53.0 Å². The van der Waals surface area contributed by atoms with E-state index in [0.717, 1.165) is 5.56 Å². The van der Waals surface area contributed by atoms with Crippen LogP contribution in [0.4, 0.5) is 0 Å². The number of benzene rings is 2. The smallest absolute Gasteiger partial charge is 0.226 e. The van der Waals surface area contributed by atoms with Crippen LogP contribution < -0.4 is 15.4 Å². The molecule has 7 heteroatoms. The number of amides is 1. The molecular formula is C19H20Cl2N2O2S. The number of hydrogen-bond donors (Lipinski definition) is 2. The lowest BCUT2D eigenvalue weighted by Crippen LogP contribution is -2.38. The second-order valence-corrected chi connectivity index (χ2v) is 7.00. The van der Waals surface area contributed by atoms with E-state index in [4.69, 9.17) is 40.2 Å². The van der Waals surface area contributed by atoms with Crippen LogP contribution in [0.2, 0.25) is 10.0 Å². The Bertz CT molecular complexity index is 767.